The fraction of sp³-hybridized carbons (Fsp3) is 0.538. The molecule has 6 nitrogen and oxygen atoms in total. The highest BCUT2D eigenvalue weighted by Gasteiger charge is 2.59. The first-order valence-corrected chi connectivity index (χ1v) is 12.2. The minimum Gasteiger partial charge on any atom is -0.493 e. The van der Waals surface area contributed by atoms with Crippen LogP contribution >= 0.6 is 11.6 Å². The summed E-state index contributed by atoms with van der Waals surface area (Å²) in [6.45, 7) is 0.615. The van der Waals surface area contributed by atoms with Crippen molar-refractivity contribution < 1.29 is 43.1 Å². The van der Waals surface area contributed by atoms with Gasteiger partial charge in [-0.05, 0) is 61.1 Å². The Morgan fingerprint density at radius 3 is 2.28 bits per heavy atom. The molecule has 1 aliphatic carbocycles. The molecular formula is C26H30ClF3O6. The number of ether oxygens (including phenoxy) is 2. The number of aliphatic hydroxyl groups is 4. The lowest BCUT2D eigenvalue weighted by Crippen LogP contribution is -2.62. The molecule has 1 heterocycles. The van der Waals surface area contributed by atoms with Crippen LogP contribution in [0.5, 0.6) is 5.75 Å². The molecule has 2 fully saturated rings. The Bertz CT molecular complexity index is 1060. The number of aliphatic hydroxyl groups excluding tert-OH is 4. The highest BCUT2D eigenvalue weighted by atomic mass is 35.5. The van der Waals surface area contributed by atoms with Gasteiger partial charge < -0.3 is 29.9 Å². The van der Waals surface area contributed by atoms with E-state index in [1.54, 1.807) is 49.4 Å². The zero-order chi connectivity index (χ0) is 26.3. The van der Waals surface area contributed by atoms with Crippen LogP contribution in [0.4, 0.5) is 13.2 Å². The van der Waals surface area contributed by atoms with Crippen LogP contribution in [0, 0.1) is 5.41 Å². The van der Waals surface area contributed by atoms with Gasteiger partial charge in [-0.2, -0.15) is 13.2 Å². The first-order valence-electron chi connectivity index (χ1n) is 11.8. The molecule has 4 rings (SSSR count). The van der Waals surface area contributed by atoms with Crippen molar-refractivity contribution >= 4 is 11.6 Å². The fourth-order valence-corrected chi connectivity index (χ4v) is 5.03. The van der Waals surface area contributed by atoms with Gasteiger partial charge in [-0.1, -0.05) is 42.3 Å². The molecule has 0 radical (unpaired) electrons. The second-order valence-electron chi connectivity index (χ2n) is 9.92. The van der Waals surface area contributed by atoms with Gasteiger partial charge in [0.25, 0.3) is 0 Å². The van der Waals surface area contributed by atoms with Crippen LogP contribution in [0.2, 0.25) is 5.02 Å². The third-order valence-electron chi connectivity index (χ3n) is 7.56. The second kappa shape index (κ2) is 10.1. The van der Waals surface area contributed by atoms with Crippen LogP contribution in [0.15, 0.2) is 42.5 Å². The molecule has 198 valence electrons. The van der Waals surface area contributed by atoms with E-state index in [-0.39, 0.29) is 12.8 Å². The SMILES string of the molecule is CC1(c2ccc(Cl)c(Cc3ccc(OCC4(C(F)(F)F)CCC4)cc3)c2)O[C@H](CO)[C@@H](O)[C@H](O)[C@H]1O. The van der Waals surface area contributed by atoms with Gasteiger partial charge in [0.1, 0.15) is 42.4 Å². The van der Waals surface area contributed by atoms with Crippen LogP contribution in [0.1, 0.15) is 42.9 Å². The van der Waals surface area contributed by atoms with E-state index in [0.29, 0.717) is 34.7 Å². The normalized spacial score (nSPS) is 30.0. The van der Waals surface area contributed by atoms with Gasteiger partial charge in [0.2, 0.25) is 0 Å². The summed E-state index contributed by atoms with van der Waals surface area (Å²) in [6.07, 6.45) is -8.72. The molecule has 36 heavy (non-hydrogen) atoms. The van der Waals surface area contributed by atoms with Crippen LogP contribution in [-0.4, -0.2) is 64.2 Å². The van der Waals surface area contributed by atoms with Gasteiger partial charge in [-0.15, -0.1) is 0 Å². The summed E-state index contributed by atoms with van der Waals surface area (Å²) in [7, 11) is 0. The molecule has 2 aromatic rings. The van der Waals surface area contributed by atoms with Gasteiger partial charge in [0.15, 0.2) is 0 Å². The molecule has 0 amide bonds. The van der Waals surface area contributed by atoms with Crippen molar-refractivity contribution in [2.75, 3.05) is 13.2 Å². The van der Waals surface area contributed by atoms with E-state index in [1.165, 1.54) is 0 Å². The predicted octanol–water partition coefficient (Wildman–Crippen LogP) is 3.73. The number of rotatable bonds is 7. The van der Waals surface area contributed by atoms with E-state index in [1.807, 2.05) is 0 Å². The number of alkyl halides is 3. The zero-order valence-corrected chi connectivity index (χ0v) is 20.5. The molecule has 2 aliphatic rings. The van der Waals surface area contributed by atoms with Crippen LogP contribution in [0.3, 0.4) is 0 Å². The Morgan fingerprint density at radius 2 is 1.72 bits per heavy atom. The quantitative estimate of drug-likeness (QED) is 0.435. The number of hydrogen-bond acceptors (Lipinski definition) is 6. The molecule has 1 saturated heterocycles. The standard InChI is InChI=1S/C26H30ClF3O6/c1-24(23(34)22(33)21(32)20(13-31)36-24)17-5-8-19(27)16(12-17)11-15-3-6-18(7-4-15)35-14-25(9-2-10-25)26(28,29)30/h3-8,12,20-23,31-34H,2,9-11,13-14H2,1H3/t20-,21-,22+,23-,24?/m1/s1. The zero-order valence-electron chi connectivity index (χ0n) is 19.7. The number of halogens is 4. The first-order chi connectivity index (χ1) is 16.9. The maximum Gasteiger partial charge on any atom is 0.397 e. The van der Waals surface area contributed by atoms with Crippen molar-refractivity contribution in [2.24, 2.45) is 5.41 Å². The van der Waals surface area contributed by atoms with Crippen molar-refractivity contribution in [2.45, 2.75) is 68.8 Å². The number of benzene rings is 2. The maximum absolute atomic E-state index is 13.3. The van der Waals surface area contributed by atoms with E-state index >= 15 is 0 Å². The molecule has 2 aromatic carbocycles. The lowest BCUT2D eigenvalue weighted by atomic mass is 9.69. The highest BCUT2D eigenvalue weighted by molar-refractivity contribution is 6.31. The van der Waals surface area contributed by atoms with E-state index in [0.717, 1.165) is 5.56 Å². The predicted molar refractivity (Wildman–Crippen MR) is 126 cm³/mol. The Morgan fingerprint density at radius 1 is 1.06 bits per heavy atom. The van der Waals surface area contributed by atoms with Crippen molar-refractivity contribution in [1.29, 1.82) is 0 Å². The Balaban J connectivity index is 1.48. The first kappa shape index (κ1) is 27.2. The van der Waals surface area contributed by atoms with Gasteiger partial charge in [0, 0.05) is 5.02 Å². The topological polar surface area (TPSA) is 99.4 Å². The molecule has 0 aromatic heterocycles. The largest absolute Gasteiger partial charge is 0.493 e. The Labute approximate surface area is 212 Å². The number of hydrogen-bond donors (Lipinski definition) is 4. The average Bonchev–Trinajstić information content (AvgIpc) is 2.81. The van der Waals surface area contributed by atoms with Crippen LogP contribution < -0.4 is 4.74 Å². The summed E-state index contributed by atoms with van der Waals surface area (Å²) in [5.74, 6) is 0.350. The lowest BCUT2D eigenvalue weighted by molar-refractivity contribution is -0.273. The van der Waals surface area contributed by atoms with Gasteiger partial charge in [-0.25, -0.2) is 0 Å². The average molecular weight is 531 g/mol. The highest BCUT2D eigenvalue weighted by Crippen LogP contribution is 2.53. The summed E-state index contributed by atoms with van der Waals surface area (Å²) in [6, 6.07) is 11.7. The van der Waals surface area contributed by atoms with Gasteiger partial charge >= 0.3 is 6.18 Å². The van der Waals surface area contributed by atoms with Crippen LogP contribution in [-0.2, 0) is 16.8 Å². The van der Waals surface area contributed by atoms with E-state index in [9.17, 15) is 33.6 Å². The Hall–Kier alpha value is -1.88. The fourth-order valence-electron chi connectivity index (χ4n) is 4.85. The third kappa shape index (κ3) is 4.97. The van der Waals surface area contributed by atoms with Crippen LogP contribution in [0.25, 0.3) is 0 Å². The molecule has 0 bridgehead atoms. The summed E-state index contributed by atoms with van der Waals surface area (Å²) in [5, 5.41) is 41.0. The van der Waals surface area contributed by atoms with E-state index < -0.39 is 54.8 Å². The minimum absolute atomic E-state index is 0.0792. The smallest absolute Gasteiger partial charge is 0.397 e. The minimum atomic E-state index is -4.29. The summed E-state index contributed by atoms with van der Waals surface area (Å²) in [5.41, 5.74) is -1.17. The molecule has 1 aliphatic heterocycles. The molecule has 1 unspecified atom stereocenters. The molecule has 0 spiro atoms. The van der Waals surface area contributed by atoms with Gasteiger partial charge in [0.05, 0.1) is 12.0 Å². The molecule has 1 saturated carbocycles. The second-order valence-corrected chi connectivity index (χ2v) is 10.3. The van der Waals surface area contributed by atoms with Gasteiger partial charge in [-0.3, -0.25) is 0 Å². The molecule has 5 atom stereocenters. The van der Waals surface area contributed by atoms with E-state index in [2.05, 4.69) is 0 Å². The van der Waals surface area contributed by atoms with Crippen molar-refractivity contribution in [3.05, 3.63) is 64.2 Å². The van der Waals surface area contributed by atoms with Crippen molar-refractivity contribution in [1.82, 2.24) is 0 Å². The molecular weight excluding hydrogens is 501 g/mol. The molecule has 4 N–H and O–H groups in total. The lowest BCUT2D eigenvalue weighted by Gasteiger charge is -2.47. The maximum atomic E-state index is 13.3. The summed E-state index contributed by atoms with van der Waals surface area (Å²) < 4.78 is 51.3. The monoisotopic (exact) mass is 530 g/mol. The molecule has 10 heteroatoms. The summed E-state index contributed by atoms with van der Waals surface area (Å²) >= 11 is 6.41. The van der Waals surface area contributed by atoms with Crippen molar-refractivity contribution in [3.8, 4) is 5.75 Å². The summed E-state index contributed by atoms with van der Waals surface area (Å²) in [4.78, 5) is 0. The van der Waals surface area contributed by atoms with Crippen molar-refractivity contribution in [3.63, 3.8) is 0 Å². The van der Waals surface area contributed by atoms with E-state index in [4.69, 9.17) is 21.1 Å². The third-order valence-corrected chi connectivity index (χ3v) is 7.93. The Kier molecular flexibility index (Phi) is 7.63.